The van der Waals surface area contributed by atoms with Crippen LogP contribution in [0.4, 0.5) is 0 Å². The summed E-state index contributed by atoms with van der Waals surface area (Å²) in [6, 6.07) is 16.1. The summed E-state index contributed by atoms with van der Waals surface area (Å²) in [7, 11) is -1.41. The first-order valence-electron chi connectivity index (χ1n) is 8.82. The highest BCUT2D eigenvalue weighted by molar-refractivity contribution is 7.93. The van der Waals surface area contributed by atoms with Crippen molar-refractivity contribution in [2.24, 2.45) is 4.36 Å². The summed E-state index contributed by atoms with van der Waals surface area (Å²) in [6.07, 6.45) is 4.39. The van der Waals surface area contributed by atoms with Crippen LogP contribution in [0.15, 0.2) is 76.2 Å². The first-order valence-corrected chi connectivity index (χ1v) is 10.7. The number of pyridine rings is 1. The van der Waals surface area contributed by atoms with E-state index in [9.17, 15) is 9.00 Å². The van der Waals surface area contributed by atoms with Gasteiger partial charge in [0.1, 0.15) is 5.75 Å². The summed E-state index contributed by atoms with van der Waals surface area (Å²) in [6.45, 7) is 2.01. The molecule has 1 unspecified atom stereocenters. The summed E-state index contributed by atoms with van der Waals surface area (Å²) in [4.78, 5) is 17.1. The van der Waals surface area contributed by atoms with Gasteiger partial charge in [0, 0.05) is 29.8 Å². The predicted molar refractivity (Wildman–Crippen MR) is 113 cm³/mol. The second-order valence-corrected chi connectivity index (χ2v) is 8.72. The lowest BCUT2D eigenvalue weighted by Gasteiger charge is -2.06. The molecule has 0 spiro atoms. The Morgan fingerprint density at radius 1 is 1.03 bits per heavy atom. The van der Waals surface area contributed by atoms with E-state index in [1.165, 1.54) is 19.6 Å². The number of benzene rings is 2. The van der Waals surface area contributed by atoms with Crippen LogP contribution in [0.25, 0.3) is 0 Å². The largest absolute Gasteiger partial charge is 0.497 e. The summed E-state index contributed by atoms with van der Waals surface area (Å²) in [5, 5.41) is 0. The molecule has 0 radical (unpaired) electrons. The Hall–Kier alpha value is -3.43. The Kier molecular flexibility index (Phi) is 6.10. The number of carbonyl (C=O) groups excluding carboxylic acids is 1. The molecule has 0 saturated carbocycles. The third-order valence-corrected chi connectivity index (χ3v) is 5.77. The number of methoxy groups -OCH3 is 1. The lowest BCUT2D eigenvalue weighted by molar-refractivity contribution is 0.100. The van der Waals surface area contributed by atoms with Crippen LogP contribution in [0.3, 0.4) is 0 Å². The average Bonchev–Trinajstić information content (AvgIpc) is 2.73. The molecule has 0 N–H and O–H groups in total. The van der Waals surface area contributed by atoms with Crippen molar-refractivity contribution in [3.63, 3.8) is 0 Å². The van der Waals surface area contributed by atoms with Gasteiger partial charge in [-0.05, 0) is 43.3 Å². The Morgan fingerprint density at radius 3 is 2.48 bits per heavy atom. The van der Waals surface area contributed by atoms with Crippen LogP contribution in [-0.4, -0.2) is 28.5 Å². The molecule has 0 aliphatic carbocycles. The van der Waals surface area contributed by atoms with Crippen LogP contribution in [-0.2, 0) is 9.73 Å². The zero-order valence-electron chi connectivity index (χ0n) is 16.4. The van der Waals surface area contributed by atoms with Gasteiger partial charge < -0.3 is 4.74 Å². The standard InChI is InChI=1S/C23H20N2O3S/c1-17-7-9-18(10-8-17)11-12-19-13-20(16-24-15-19)23(26)25-29(3,27)22-6-4-5-21(14-22)28-2/h4-10,13-16H,1-3H3. The van der Waals surface area contributed by atoms with E-state index < -0.39 is 15.6 Å². The normalized spacial score (nSPS) is 12.2. The van der Waals surface area contributed by atoms with Crippen LogP contribution in [0.2, 0.25) is 0 Å². The van der Waals surface area contributed by atoms with Gasteiger partial charge in [0.05, 0.1) is 27.3 Å². The molecule has 5 nitrogen and oxygen atoms in total. The number of aryl methyl sites for hydroxylation is 1. The topological polar surface area (TPSA) is 68.6 Å². The molecule has 2 aromatic carbocycles. The number of carbonyl (C=O) groups is 1. The van der Waals surface area contributed by atoms with Crippen molar-refractivity contribution in [3.05, 3.63) is 89.2 Å². The van der Waals surface area contributed by atoms with Crippen molar-refractivity contribution in [1.82, 2.24) is 4.98 Å². The third-order valence-electron chi connectivity index (χ3n) is 4.12. The molecule has 1 aromatic heterocycles. The number of ether oxygens (including phenoxy) is 1. The molecule has 0 bridgehead atoms. The number of amides is 1. The Labute approximate surface area is 171 Å². The smallest absolute Gasteiger partial charge is 0.286 e. The average molecular weight is 404 g/mol. The predicted octanol–water partition coefficient (Wildman–Crippen LogP) is 4.10. The first kappa shape index (κ1) is 20.3. The van der Waals surface area contributed by atoms with E-state index in [2.05, 4.69) is 21.2 Å². The summed E-state index contributed by atoms with van der Waals surface area (Å²) >= 11 is 0. The van der Waals surface area contributed by atoms with Crippen LogP contribution >= 0.6 is 0 Å². The van der Waals surface area contributed by atoms with E-state index in [1.54, 1.807) is 36.5 Å². The Morgan fingerprint density at radius 2 is 1.76 bits per heavy atom. The molecule has 1 amide bonds. The SMILES string of the molecule is COc1cccc(S(C)(=O)=NC(=O)c2cncc(C#Cc3ccc(C)cc3)c2)c1. The van der Waals surface area contributed by atoms with Gasteiger partial charge in [-0.15, -0.1) is 0 Å². The summed E-state index contributed by atoms with van der Waals surface area (Å²) in [5.41, 5.74) is 2.84. The second kappa shape index (κ2) is 8.72. The fourth-order valence-corrected chi connectivity index (χ4v) is 3.70. The van der Waals surface area contributed by atoms with Crippen molar-refractivity contribution in [1.29, 1.82) is 0 Å². The van der Waals surface area contributed by atoms with Crippen LogP contribution < -0.4 is 4.74 Å². The number of aromatic nitrogens is 1. The van der Waals surface area contributed by atoms with E-state index in [0.29, 0.717) is 16.2 Å². The first-order chi connectivity index (χ1) is 13.9. The number of hydrogen-bond donors (Lipinski definition) is 0. The van der Waals surface area contributed by atoms with Crippen LogP contribution in [0.1, 0.15) is 27.0 Å². The zero-order chi connectivity index (χ0) is 20.9. The molecule has 0 saturated heterocycles. The van der Waals surface area contributed by atoms with E-state index >= 15 is 0 Å². The maximum Gasteiger partial charge on any atom is 0.286 e. The molecular weight excluding hydrogens is 384 g/mol. The molecule has 3 aromatic rings. The highest BCUT2D eigenvalue weighted by atomic mass is 32.2. The van der Waals surface area contributed by atoms with Crippen LogP contribution in [0.5, 0.6) is 5.75 Å². The van der Waals surface area contributed by atoms with Crippen molar-refractivity contribution >= 4 is 15.6 Å². The molecule has 1 atom stereocenters. The quantitative estimate of drug-likeness (QED) is 0.617. The molecule has 0 aliphatic rings. The Bertz CT molecular complexity index is 1230. The monoisotopic (exact) mass is 404 g/mol. The fraction of sp³-hybridized carbons (Fsp3) is 0.130. The second-order valence-electron chi connectivity index (χ2n) is 6.46. The van der Waals surface area contributed by atoms with E-state index in [1.807, 2.05) is 31.2 Å². The van der Waals surface area contributed by atoms with Gasteiger partial charge in [0.25, 0.3) is 5.91 Å². The molecule has 1 heterocycles. The maximum atomic E-state index is 13.0. The number of hydrogen-bond acceptors (Lipinski definition) is 4. The van der Waals surface area contributed by atoms with Gasteiger partial charge in [-0.2, -0.15) is 4.36 Å². The van der Waals surface area contributed by atoms with Crippen molar-refractivity contribution in [2.45, 2.75) is 11.8 Å². The fourth-order valence-electron chi connectivity index (χ4n) is 2.51. The number of rotatable bonds is 3. The van der Waals surface area contributed by atoms with Crippen molar-refractivity contribution < 1.29 is 13.7 Å². The van der Waals surface area contributed by atoms with Gasteiger partial charge in [0.15, 0.2) is 0 Å². The van der Waals surface area contributed by atoms with Gasteiger partial charge in [-0.25, -0.2) is 4.21 Å². The molecule has 0 fully saturated rings. The van der Waals surface area contributed by atoms with Gasteiger partial charge in [0.2, 0.25) is 0 Å². The van der Waals surface area contributed by atoms with Gasteiger partial charge >= 0.3 is 0 Å². The van der Waals surface area contributed by atoms with Crippen molar-refractivity contribution in [2.75, 3.05) is 13.4 Å². The molecular formula is C23H20N2O3S. The lowest BCUT2D eigenvalue weighted by Crippen LogP contribution is -2.05. The maximum absolute atomic E-state index is 13.0. The minimum Gasteiger partial charge on any atom is -0.497 e. The highest BCUT2D eigenvalue weighted by Gasteiger charge is 2.13. The van der Waals surface area contributed by atoms with E-state index in [0.717, 1.165) is 11.1 Å². The number of nitrogens with zero attached hydrogens (tertiary/aromatic N) is 2. The Balaban J connectivity index is 1.88. The molecule has 0 aliphatic heterocycles. The summed E-state index contributed by atoms with van der Waals surface area (Å²) < 4.78 is 22.1. The van der Waals surface area contributed by atoms with E-state index in [4.69, 9.17) is 4.74 Å². The minimum atomic E-state index is -2.93. The molecule has 6 heteroatoms. The van der Waals surface area contributed by atoms with Gasteiger partial charge in [-0.1, -0.05) is 35.6 Å². The molecule has 146 valence electrons. The third kappa shape index (κ3) is 5.31. The highest BCUT2D eigenvalue weighted by Crippen LogP contribution is 2.19. The zero-order valence-corrected chi connectivity index (χ0v) is 17.2. The van der Waals surface area contributed by atoms with Crippen LogP contribution in [0, 0.1) is 18.8 Å². The lowest BCUT2D eigenvalue weighted by atomic mass is 10.1. The van der Waals surface area contributed by atoms with Crippen molar-refractivity contribution in [3.8, 4) is 17.6 Å². The van der Waals surface area contributed by atoms with Gasteiger partial charge in [-0.3, -0.25) is 9.78 Å². The summed E-state index contributed by atoms with van der Waals surface area (Å²) in [5.74, 6) is 5.98. The minimum absolute atomic E-state index is 0.234. The molecule has 3 rings (SSSR count). The van der Waals surface area contributed by atoms with E-state index in [-0.39, 0.29) is 5.56 Å². The molecule has 29 heavy (non-hydrogen) atoms.